The number of hydrogen-bond donors (Lipinski definition) is 6. The molecule has 0 atom stereocenters. The van der Waals surface area contributed by atoms with Crippen LogP contribution in [0.2, 0.25) is 0 Å². The lowest BCUT2D eigenvalue weighted by atomic mass is 10.2. The second-order valence-corrected chi connectivity index (χ2v) is 4.57. The number of nitrogens with zero attached hydrogens (tertiary/aromatic N) is 1. The Bertz CT molecular complexity index is 715. The summed E-state index contributed by atoms with van der Waals surface area (Å²) >= 11 is 0. The van der Waals surface area contributed by atoms with Crippen molar-refractivity contribution in [3.63, 3.8) is 0 Å². The van der Waals surface area contributed by atoms with E-state index in [1.807, 2.05) is 0 Å². The van der Waals surface area contributed by atoms with Gasteiger partial charge in [-0.3, -0.25) is 10.8 Å². The molecule has 2 aromatic carbocycles. The van der Waals surface area contributed by atoms with Crippen LogP contribution in [0, 0.1) is 10.8 Å². The van der Waals surface area contributed by atoms with E-state index < -0.39 is 0 Å². The summed E-state index contributed by atoms with van der Waals surface area (Å²) in [6.45, 7) is 0. The summed E-state index contributed by atoms with van der Waals surface area (Å²) in [4.78, 5) is 4.22. The predicted molar refractivity (Wildman–Crippen MR) is 89.8 cm³/mol. The molecule has 0 aromatic heterocycles. The number of benzene rings is 2. The van der Waals surface area contributed by atoms with E-state index in [9.17, 15) is 0 Å². The number of guanidine groups is 1. The largest absolute Gasteiger partial charge is 0.384 e. The number of anilines is 1. The molecule has 0 saturated carbocycles. The van der Waals surface area contributed by atoms with Gasteiger partial charge in [-0.25, -0.2) is 4.99 Å². The molecule has 0 amide bonds. The van der Waals surface area contributed by atoms with Crippen LogP contribution in [-0.4, -0.2) is 17.6 Å². The van der Waals surface area contributed by atoms with Crippen molar-refractivity contribution >= 4 is 29.0 Å². The zero-order chi connectivity index (χ0) is 16.1. The molecule has 0 aliphatic heterocycles. The van der Waals surface area contributed by atoms with Gasteiger partial charge in [0.25, 0.3) is 0 Å². The molecule has 2 rings (SSSR count). The second kappa shape index (κ2) is 6.40. The average molecular weight is 295 g/mol. The normalized spacial score (nSPS) is 11.0. The molecule has 7 nitrogen and oxygen atoms in total. The summed E-state index contributed by atoms with van der Waals surface area (Å²) in [5.41, 5.74) is 19.3. The van der Waals surface area contributed by atoms with Crippen LogP contribution in [0.1, 0.15) is 11.1 Å². The summed E-state index contributed by atoms with van der Waals surface area (Å²) in [6.07, 6.45) is 0. The molecule has 9 N–H and O–H groups in total. The van der Waals surface area contributed by atoms with Gasteiger partial charge in [-0.15, -0.1) is 0 Å². The van der Waals surface area contributed by atoms with Crippen LogP contribution in [0.4, 0.5) is 11.4 Å². The van der Waals surface area contributed by atoms with E-state index in [-0.39, 0.29) is 17.6 Å². The Hall–Kier alpha value is -3.35. The van der Waals surface area contributed by atoms with Crippen LogP contribution < -0.4 is 22.5 Å². The van der Waals surface area contributed by atoms with Gasteiger partial charge in [-0.1, -0.05) is 0 Å². The maximum absolute atomic E-state index is 7.33. The van der Waals surface area contributed by atoms with Gasteiger partial charge in [0, 0.05) is 16.8 Å². The van der Waals surface area contributed by atoms with Crippen LogP contribution in [0.25, 0.3) is 0 Å². The Balaban J connectivity index is 2.08. The third kappa shape index (κ3) is 3.83. The van der Waals surface area contributed by atoms with Crippen molar-refractivity contribution in [1.82, 2.24) is 0 Å². The molecule has 0 aliphatic rings. The van der Waals surface area contributed by atoms with Gasteiger partial charge >= 0.3 is 0 Å². The quantitative estimate of drug-likeness (QED) is 0.372. The molecule has 112 valence electrons. The van der Waals surface area contributed by atoms with Crippen molar-refractivity contribution in [3.05, 3.63) is 59.7 Å². The first-order valence-corrected chi connectivity index (χ1v) is 6.46. The number of nitrogens with two attached hydrogens (primary N) is 3. The molecule has 0 spiro atoms. The summed E-state index contributed by atoms with van der Waals surface area (Å²) in [5.74, 6) is 0.247. The zero-order valence-electron chi connectivity index (χ0n) is 11.8. The van der Waals surface area contributed by atoms with Gasteiger partial charge < -0.3 is 22.5 Å². The number of nitrogens with one attached hydrogen (secondary N) is 3. The lowest BCUT2D eigenvalue weighted by molar-refractivity contribution is 1.40. The predicted octanol–water partition coefficient (Wildman–Crippen LogP) is 1.31. The minimum absolute atomic E-state index is 0.00666. The number of rotatable bonds is 4. The average Bonchev–Trinajstić information content (AvgIpc) is 2.48. The Morgan fingerprint density at radius 1 is 0.773 bits per heavy atom. The molecule has 7 heteroatoms. The van der Waals surface area contributed by atoms with Gasteiger partial charge in [0.15, 0.2) is 5.96 Å². The van der Waals surface area contributed by atoms with E-state index in [2.05, 4.69) is 10.3 Å². The highest BCUT2D eigenvalue weighted by Crippen LogP contribution is 2.14. The van der Waals surface area contributed by atoms with E-state index in [4.69, 9.17) is 28.0 Å². The van der Waals surface area contributed by atoms with Crippen molar-refractivity contribution in [2.75, 3.05) is 5.32 Å². The number of hydrogen-bond acceptors (Lipinski definition) is 3. The molecule has 0 bridgehead atoms. The van der Waals surface area contributed by atoms with Crippen molar-refractivity contribution < 1.29 is 0 Å². The van der Waals surface area contributed by atoms with E-state index in [0.29, 0.717) is 16.8 Å². The molecular formula is C15H17N7. The van der Waals surface area contributed by atoms with Gasteiger partial charge in [-0.2, -0.15) is 0 Å². The van der Waals surface area contributed by atoms with Crippen LogP contribution in [-0.2, 0) is 0 Å². The van der Waals surface area contributed by atoms with Crippen molar-refractivity contribution in [2.24, 2.45) is 22.2 Å². The maximum atomic E-state index is 7.33. The summed E-state index contributed by atoms with van der Waals surface area (Å²) in [7, 11) is 0. The fraction of sp³-hybridized carbons (Fsp3) is 0. The minimum atomic E-state index is 0.00666. The highest BCUT2D eigenvalue weighted by atomic mass is 15.1. The highest BCUT2D eigenvalue weighted by molar-refractivity contribution is 5.97. The third-order valence-corrected chi connectivity index (χ3v) is 2.90. The smallest absolute Gasteiger partial charge is 0.198 e. The maximum Gasteiger partial charge on any atom is 0.198 e. The Kier molecular flexibility index (Phi) is 4.38. The Morgan fingerprint density at radius 2 is 1.23 bits per heavy atom. The van der Waals surface area contributed by atoms with E-state index in [0.717, 1.165) is 5.69 Å². The lowest BCUT2D eigenvalue weighted by Crippen LogP contribution is -2.22. The van der Waals surface area contributed by atoms with Crippen LogP contribution in [0.3, 0.4) is 0 Å². The molecule has 0 aliphatic carbocycles. The van der Waals surface area contributed by atoms with Crippen molar-refractivity contribution in [3.8, 4) is 0 Å². The first kappa shape index (κ1) is 15.0. The van der Waals surface area contributed by atoms with E-state index in [1.165, 1.54) is 0 Å². The van der Waals surface area contributed by atoms with Gasteiger partial charge in [0.2, 0.25) is 0 Å². The highest BCUT2D eigenvalue weighted by Gasteiger charge is 2.00. The van der Waals surface area contributed by atoms with Gasteiger partial charge in [0.1, 0.15) is 11.7 Å². The van der Waals surface area contributed by atoms with Crippen molar-refractivity contribution in [1.29, 1.82) is 10.8 Å². The monoisotopic (exact) mass is 295 g/mol. The SMILES string of the molecule is N=C(N)c1ccc(N=C(N)Nc2ccc(C(=N)N)cc2)cc1. The van der Waals surface area contributed by atoms with E-state index >= 15 is 0 Å². The zero-order valence-corrected chi connectivity index (χ0v) is 11.8. The topological polar surface area (TPSA) is 150 Å². The van der Waals surface area contributed by atoms with Gasteiger partial charge in [-0.05, 0) is 48.5 Å². The van der Waals surface area contributed by atoms with Crippen LogP contribution >= 0.6 is 0 Å². The molecule has 2 aromatic rings. The first-order chi connectivity index (χ1) is 10.5. The molecule has 0 fully saturated rings. The lowest BCUT2D eigenvalue weighted by Gasteiger charge is -2.06. The standard InChI is InChI=1S/C15H17N7/c16-13(17)9-1-5-11(6-2-9)21-15(20)22-12-7-3-10(4-8-12)14(18)19/h1-8H,(H3,16,17)(H3,18,19)(H3,20,21,22). The molecule has 0 heterocycles. The third-order valence-electron chi connectivity index (χ3n) is 2.90. The Labute approximate surface area is 127 Å². The molecule has 0 unspecified atom stereocenters. The number of amidine groups is 2. The molecule has 0 saturated heterocycles. The summed E-state index contributed by atoms with van der Waals surface area (Å²) in [5, 5.41) is 17.6. The fourth-order valence-corrected chi connectivity index (χ4v) is 1.76. The van der Waals surface area contributed by atoms with Crippen LogP contribution in [0.15, 0.2) is 53.5 Å². The van der Waals surface area contributed by atoms with Gasteiger partial charge in [0.05, 0.1) is 5.69 Å². The fourth-order valence-electron chi connectivity index (χ4n) is 1.76. The second-order valence-electron chi connectivity index (χ2n) is 4.57. The number of nitrogen functional groups attached to an aromatic ring is 2. The Morgan fingerprint density at radius 3 is 1.68 bits per heavy atom. The van der Waals surface area contributed by atoms with E-state index in [1.54, 1.807) is 48.5 Å². The number of aliphatic imine (C=N–C) groups is 1. The molecule has 0 radical (unpaired) electrons. The summed E-state index contributed by atoms with van der Waals surface area (Å²) in [6, 6.07) is 13.8. The summed E-state index contributed by atoms with van der Waals surface area (Å²) < 4.78 is 0. The molecule has 22 heavy (non-hydrogen) atoms. The molecular weight excluding hydrogens is 278 g/mol. The first-order valence-electron chi connectivity index (χ1n) is 6.46. The van der Waals surface area contributed by atoms with Crippen LogP contribution in [0.5, 0.6) is 0 Å². The minimum Gasteiger partial charge on any atom is -0.384 e. The van der Waals surface area contributed by atoms with Crippen molar-refractivity contribution in [2.45, 2.75) is 0 Å².